The Morgan fingerprint density at radius 3 is 2.50 bits per heavy atom. The monoisotopic (exact) mass is 497 g/mol. The zero-order chi connectivity index (χ0) is 24.1. The van der Waals surface area contributed by atoms with Gasteiger partial charge in [-0.05, 0) is 71.8 Å². The van der Waals surface area contributed by atoms with Crippen molar-refractivity contribution in [2.75, 3.05) is 6.61 Å². The van der Waals surface area contributed by atoms with Crippen LogP contribution in [-0.2, 0) is 17.9 Å². The van der Waals surface area contributed by atoms with Crippen LogP contribution in [0, 0.1) is 5.82 Å². The largest absolute Gasteiger partial charge is 0.490 e. The first-order valence-corrected chi connectivity index (χ1v) is 11.8. The third-order valence-corrected chi connectivity index (χ3v) is 6.31. The molecule has 4 rings (SSSR count). The molecular weight excluding hydrogens is 477 g/mol. The SMILES string of the molecule is CCOc1cc(/C=C2\SC(=O)N(Cc3ccccc3Cl)C2=O)ccc1OCc1ccc(F)cc1. The molecule has 1 saturated heterocycles. The van der Waals surface area contributed by atoms with Gasteiger partial charge in [-0.1, -0.05) is 48.0 Å². The van der Waals surface area contributed by atoms with E-state index in [0.717, 1.165) is 17.3 Å². The van der Waals surface area contributed by atoms with E-state index in [0.29, 0.717) is 39.2 Å². The molecule has 0 bridgehead atoms. The van der Waals surface area contributed by atoms with E-state index in [1.807, 2.05) is 13.0 Å². The zero-order valence-corrected chi connectivity index (χ0v) is 19.9. The van der Waals surface area contributed by atoms with Crippen LogP contribution < -0.4 is 9.47 Å². The molecule has 34 heavy (non-hydrogen) atoms. The number of thioether (sulfide) groups is 1. The van der Waals surface area contributed by atoms with E-state index in [-0.39, 0.29) is 30.1 Å². The van der Waals surface area contributed by atoms with E-state index < -0.39 is 0 Å². The van der Waals surface area contributed by atoms with Crippen molar-refractivity contribution in [3.05, 3.63) is 99.2 Å². The lowest BCUT2D eigenvalue weighted by atomic mass is 10.1. The second kappa shape index (κ2) is 10.8. The smallest absolute Gasteiger partial charge is 0.293 e. The quantitative estimate of drug-likeness (QED) is 0.324. The summed E-state index contributed by atoms with van der Waals surface area (Å²) < 4.78 is 24.7. The highest BCUT2D eigenvalue weighted by molar-refractivity contribution is 8.18. The number of halogens is 2. The molecule has 0 saturated carbocycles. The van der Waals surface area contributed by atoms with Gasteiger partial charge in [-0.3, -0.25) is 14.5 Å². The van der Waals surface area contributed by atoms with Crippen LogP contribution in [0.4, 0.5) is 9.18 Å². The minimum atomic E-state index is -0.371. The average Bonchev–Trinajstić information content (AvgIpc) is 3.08. The van der Waals surface area contributed by atoms with E-state index >= 15 is 0 Å². The minimum absolute atomic E-state index is 0.113. The highest BCUT2D eigenvalue weighted by atomic mass is 35.5. The number of rotatable bonds is 8. The fourth-order valence-electron chi connectivity index (χ4n) is 3.33. The van der Waals surface area contributed by atoms with Crippen LogP contribution in [-0.4, -0.2) is 22.7 Å². The molecular formula is C26H21ClFNO4S. The van der Waals surface area contributed by atoms with E-state index in [9.17, 15) is 14.0 Å². The second-order valence-corrected chi connectivity index (χ2v) is 8.81. The first kappa shape index (κ1) is 23.9. The van der Waals surface area contributed by atoms with E-state index in [2.05, 4.69) is 0 Å². The van der Waals surface area contributed by atoms with Gasteiger partial charge in [0.25, 0.3) is 11.1 Å². The number of hydrogen-bond donors (Lipinski definition) is 0. The highest BCUT2D eigenvalue weighted by Gasteiger charge is 2.35. The predicted molar refractivity (Wildman–Crippen MR) is 131 cm³/mol. The number of benzene rings is 3. The Hall–Kier alpha value is -3.29. The predicted octanol–water partition coefficient (Wildman–Crippen LogP) is 6.69. The lowest BCUT2D eigenvalue weighted by molar-refractivity contribution is -0.123. The maximum absolute atomic E-state index is 13.1. The van der Waals surface area contributed by atoms with Gasteiger partial charge in [-0.2, -0.15) is 0 Å². The Bertz CT molecular complexity index is 1250. The summed E-state index contributed by atoms with van der Waals surface area (Å²) in [6, 6.07) is 18.5. The molecule has 2 amide bonds. The summed E-state index contributed by atoms with van der Waals surface area (Å²) in [4.78, 5) is 26.9. The number of imide groups is 1. The summed E-state index contributed by atoms with van der Waals surface area (Å²) in [7, 11) is 0. The van der Waals surface area contributed by atoms with Gasteiger partial charge in [0, 0.05) is 5.02 Å². The lowest BCUT2D eigenvalue weighted by Gasteiger charge is -2.14. The van der Waals surface area contributed by atoms with Crippen molar-refractivity contribution in [1.82, 2.24) is 4.90 Å². The average molecular weight is 498 g/mol. The first-order chi connectivity index (χ1) is 16.4. The second-order valence-electron chi connectivity index (χ2n) is 7.41. The van der Waals surface area contributed by atoms with E-state index in [4.69, 9.17) is 21.1 Å². The summed E-state index contributed by atoms with van der Waals surface area (Å²) in [5.41, 5.74) is 2.22. The fraction of sp³-hybridized carbons (Fsp3) is 0.154. The molecule has 0 aromatic heterocycles. The molecule has 8 heteroatoms. The molecule has 174 valence electrons. The Labute approximate surface area is 206 Å². The molecule has 3 aromatic carbocycles. The van der Waals surface area contributed by atoms with E-state index in [1.54, 1.807) is 54.6 Å². The van der Waals surface area contributed by atoms with Crippen molar-refractivity contribution in [3.63, 3.8) is 0 Å². The first-order valence-electron chi connectivity index (χ1n) is 10.6. The van der Waals surface area contributed by atoms with E-state index in [1.165, 1.54) is 17.0 Å². The van der Waals surface area contributed by atoms with Gasteiger partial charge >= 0.3 is 0 Å². The zero-order valence-electron chi connectivity index (χ0n) is 18.3. The van der Waals surface area contributed by atoms with Gasteiger partial charge in [0.1, 0.15) is 12.4 Å². The molecule has 1 aliphatic heterocycles. The molecule has 0 spiro atoms. The van der Waals surface area contributed by atoms with Crippen molar-refractivity contribution >= 4 is 40.6 Å². The number of amides is 2. The maximum Gasteiger partial charge on any atom is 0.293 e. The summed E-state index contributed by atoms with van der Waals surface area (Å²) >= 11 is 7.07. The Kier molecular flexibility index (Phi) is 7.55. The van der Waals surface area contributed by atoms with Crippen LogP contribution in [0.25, 0.3) is 6.08 Å². The van der Waals surface area contributed by atoms with Gasteiger partial charge in [0.2, 0.25) is 0 Å². The number of ether oxygens (including phenoxy) is 2. The summed E-state index contributed by atoms with van der Waals surface area (Å²) in [6.07, 6.45) is 1.66. The molecule has 1 aliphatic rings. The maximum atomic E-state index is 13.1. The van der Waals surface area contributed by atoms with Crippen molar-refractivity contribution in [2.24, 2.45) is 0 Å². The summed E-state index contributed by atoms with van der Waals surface area (Å²) in [5, 5.41) is 0.156. The van der Waals surface area contributed by atoms with Gasteiger partial charge < -0.3 is 9.47 Å². The lowest BCUT2D eigenvalue weighted by Crippen LogP contribution is -2.27. The number of hydrogen-bond acceptors (Lipinski definition) is 5. The molecule has 0 N–H and O–H groups in total. The van der Waals surface area contributed by atoms with Gasteiger partial charge in [-0.25, -0.2) is 4.39 Å². The van der Waals surface area contributed by atoms with Crippen molar-refractivity contribution in [2.45, 2.75) is 20.1 Å². The number of nitrogens with zero attached hydrogens (tertiary/aromatic N) is 1. The van der Waals surface area contributed by atoms with Crippen LogP contribution in [0.1, 0.15) is 23.6 Å². The minimum Gasteiger partial charge on any atom is -0.490 e. The number of carbonyl (C=O) groups excluding carboxylic acids is 2. The van der Waals surface area contributed by atoms with Crippen molar-refractivity contribution in [1.29, 1.82) is 0 Å². The summed E-state index contributed by atoms with van der Waals surface area (Å²) in [5.74, 6) is 0.354. The molecule has 0 unspecified atom stereocenters. The molecule has 0 aliphatic carbocycles. The third kappa shape index (κ3) is 5.61. The number of carbonyl (C=O) groups is 2. The fourth-order valence-corrected chi connectivity index (χ4v) is 4.36. The Balaban J connectivity index is 1.51. The van der Waals surface area contributed by atoms with Crippen LogP contribution in [0.15, 0.2) is 71.6 Å². The topological polar surface area (TPSA) is 55.8 Å². The van der Waals surface area contributed by atoms with Crippen molar-refractivity contribution < 1.29 is 23.5 Å². The van der Waals surface area contributed by atoms with Crippen LogP contribution >= 0.6 is 23.4 Å². The van der Waals surface area contributed by atoms with Crippen molar-refractivity contribution in [3.8, 4) is 11.5 Å². The molecule has 1 heterocycles. The summed E-state index contributed by atoms with van der Waals surface area (Å²) in [6.45, 7) is 2.64. The standard InChI is InChI=1S/C26H21ClFNO4S/c1-2-32-23-13-18(9-12-22(23)33-16-17-7-10-20(28)11-8-17)14-24-25(30)29(26(31)34-24)15-19-5-3-4-6-21(19)27/h3-14H,2,15-16H2,1H3/b24-14-. The molecule has 1 fully saturated rings. The van der Waals surface area contributed by atoms with Crippen LogP contribution in [0.2, 0.25) is 5.02 Å². The molecule has 3 aromatic rings. The third-order valence-electron chi connectivity index (χ3n) is 5.03. The van der Waals surface area contributed by atoms with Crippen LogP contribution in [0.3, 0.4) is 0 Å². The Morgan fingerprint density at radius 2 is 1.76 bits per heavy atom. The molecule has 0 radical (unpaired) electrons. The van der Waals surface area contributed by atoms with Gasteiger partial charge in [-0.15, -0.1) is 0 Å². The van der Waals surface area contributed by atoms with Crippen LogP contribution in [0.5, 0.6) is 11.5 Å². The molecule has 5 nitrogen and oxygen atoms in total. The molecule has 0 atom stereocenters. The Morgan fingerprint density at radius 1 is 1.00 bits per heavy atom. The normalized spacial score (nSPS) is 14.7. The van der Waals surface area contributed by atoms with Gasteiger partial charge in [0.15, 0.2) is 11.5 Å². The van der Waals surface area contributed by atoms with Gasteiger partial charge in [0.05, 0.1) is 18.1 Å². The highest BCUT2D eigenvalue weighted by Crippen LogP contribution is 2.36.